The number of rotatable bonds is 5. The molecule has 0 saturated carbocycles. The summed E-state index contributed by atoms with van der Waals surface area (Å²) in [5.41, 5.74) is 3.56. The second-order valence-corrected chi connectivity index (χ2v) is 5.69. The van der Waals surface area contributed by atoms with Gasteiger partial charge in [-0.15, -0.1) is 0 Å². The summed E-state index contributed by atoms with van der Waals surface area (Å²) in [6.45, 7) is 0.610. The summed E-state index contributed by atoms with van der Waals surface area (Å²) in [5, 5.41) is 18.1. The highest BCUT2D eigenvalue weighted by Gasteiger charge is 2.11. The van der Waals surface area contributed by atoms with E-state index in [1.165, 1.54) is 6.33 Å². The number of para-hydroxylation sites is 1. The number of aromatic nitrogens is 4. The monoisotopic (exact) mass is 331 g/mol. The predicted octanol–water partition coefficient (Wildman–Crippen LogP) is 3.11. The summed E-state index contributed by atoms with van der Waals surface area (Å²) >= 11 is 0. The Kier molecular flexibility index (Phi) is 4.10. The Hall–Kier alpha value is -3.25. The van der Waals surface area contributed by atoms with Gasteiger partial charge in [0.2, 0.25) is 0 Å². The molecule has 25 heavy (non-hydrogen) atoms. The van der Waals surface area contributed by atoms with Crippen LogP contribution in [0.5, 0.6) is 0 Å². The molecule has 0 amide bonds. The van der Waals surface area contributed by atoms with E-state index in [2.05, 4.69) is 32.5 Å². The molecule has 0 aliphatic heterocycles. The average molecular weight is 331 g/mol. The molecule has 0 aliphatic rings. The second-order valence-electron chi connectivity index (χ2n) is 5.69. The molecule has 0 radical (unpaired) electrons. The van der Waals surface area contributed by atoms with Crippen LogP contribution in [0.15, 0.2) is 67.1 Å². The van der Waals surface area contributed by atoms with Gasteiger partial charge < -0.3 is 10.4 Å². The standard InChI is InChI=1S/C19H17N5O/c25-12-15-8-4-5-9-17(15)23-18-16-10-22-24(19(16)21-13-20-18)11-14-6-2-1-3-7-14/h1-10,13,25H,11-12H2,(H,20,21,23). The van der Waals surface area contributed by atoms with Gasteiger partial charge >= 0.3 is 0 Å². The van der Waals surface area contributed by atoms with Crippen molar-refractivity contribution in [3.8, 4) is 0 Å². The van der Waals surface area contributed by atoms with Crippen molar-refractivity contribution in [2.75, 3.05) is 5.32 Å². The Balaban J connectivity index is 1.69. The van der Waals surface area contributed by atoms with Crippen LogP contribution in [0.4, 0.5) is 11.5 Å². The number of hydrogen-bond donors (Lipinski definition) is 2. The summed E-state index contributed by atoms with van der Waals surface area (Å²) < 4.78 is 1.86. The SMILES string of the molecule is OCc1ccccc1Nc1ncnc2c1cnn2Cc1ccccc1. The van der Waals surface area contributed by atoms with Gasteiger partial charge in [0.25, 0.3) is 0 Å². The third-order valence-electron chi connectivity index (χ3n) is 4.05. The summed E-state index contributed by atoms with van der Waals surface area (Å²) in [6.07, 6.45) is 3.29. The van der Waals surface area contributed by atoms with Gasteiger partial charge in [-0.2, -0.15) is 5.10 Å². The fourth-order valence-corrected chi connectivity index (χ4v) is 2.77. The lowest BCUT2D eigenvalue weighted by Gasteiger charge is -2.10. The Morgan fingerprint density at radius 2 is 1.76 bits per heavy atom. The third kappa shape index (κ3) is 3.07. The predicted molar refractivity (Wildman–Crippen MR) is 96.5 cm³/mol. The molecule has 0 bridgehead atoms. The van der Waals surface area contributed by atoms with Gasteiger partial charge in [-0.05, 0) is 11.6 Å². The third-order valence-corrected chi connectivity index (χ3v) is 4.05. The highest BCUT2D eigenvalue weighted by atomic mass is 16.3. The van der Waals surface area contributed by atoms with Crippen LogP contribution in [-0.2, 0) is 13.2 Å². The van der Waals surface area contributed by atoms with Crippen molar-refractivity contribution in [2.45, 2.75) is 13.2 Å². The van der Waals surface area contributed by atoms with Crippen LogP contribution < -0.4 is 5.32 Å². The van der Waals surface area contributed by atoms with Crippen molar-refractivity contribution in [3.63, 3.8) is 0 Å². The van der Waals surface area contributed by atoms with Gasteiger partial charge in [-0.3, -0.25) is 0 Å². The van der Waals surface area contributed by atoms with Crippen LogP contribution >= 0.6 is 0 Å². The van der Waals surface area contributed by atoms with Gasteiger partial charge in [0.05, 0.1) is 24.7 Å². The Morgan fingerprint density at radius 3 is 2.60 bits per heavy atom. The summed E-state index contributed by atoms with van der Waals surface area (Å²) in [7, 11) is 0. The molecule has 0 unspecified atom stereocenters. The zero-order valence-electron chi connectivity index (χ0n) is 13.5. The Morgan fingerprint density at radius 1 is 0.960 bits per heavy atom. The first kappa shape index (κ1) is 15.3. The van der Waals surface area contributed by atoms with Crippen molar-refractivity contribution >= 4 is 22.5 Å². The quantitative estimate of drug-likeness (QED) is 0.588. The molecule has 0 spiro atoms. The zero-order chi connectivity index (χ0) is 17.1. The molecule has 0 atom stereocenters. The Bertz CT molecular complexity index is 997. The van der Waals surface area contributed by atoms with Crippen molar-refractivity contribution in [1.82, 2.24) is 19.7 Å². The van der Waals surface area contributed by atoms with E-state index in [1.54, 1.807) is 6.20 Å². The molecular formula is C19H17N5O. The Labute approximate surface area is 144 Å². The minimum atomic E-state index is -0.0370. The molecular weight excluding hydrogens is 314 g/mol. The number of benzene rings is 2. The van der Waals surface area contributed by atoms with Crippen LogP contribution in [0.3, 0.4) is 0 Å². The molecule has 0 aliphatic carbocycles. The van der Waals surface area contributed by atoms with E-state index in [1.807, 2.05) is 47.1 Å². The number of fused-ring (bicyclic) bond motifs is 1. The number of aliphatic hydroxyl groups is 1. The minimum absolute atomic E-state index is 0.0370. The van der Waals surface area contributed by atoms with E-state index in [0.717, 1.165) is 27.8 Å². The van der Waals surface area contributed by atoms with E-state index < -0.39 is 0 Å². The molecule has 2 heterocycles. The van der Waals surface area contributed by atoms with Crippen LogP contribution in [0.2, 0.25) is 0 Å². The summed E-state index contributed by atoms with van der Waals surface area (Å²) in [6, 6.07) is 17.7. The normalized spacial score (nSPS) is 10.9. The highest BCUT2D eigenvalue weighted by molar-refractivity contribution is 5.88. The highest BCUT2D eigenvalue weighted by Crippen LogP contribution is 2.25. The van der Waals surface area contributed by atoms with E-state index in [0.29, 0.717) is 12.4 Å². The molecule has 2 aromatic carbocycles. The van der Waals surface area contributed by atoms with Gasteiger partial charge in [0, 0.05) is 11.3 Å². The molecule has 2 aromatic heterocycles. The maximum absolute atomic E-state index is 9.49. The first-order chi connectivity index (χ1) is 12.3. The van der Waals surface area contributed by atoms with E-state index >= 15 is 0 Å². The average Bonchev–Trinajstić information content (AvgIpc) is 3.07. The summed E-state index contributed by atoms with van der Waals surface area (Å²) in [5.74, 6) is 0.671. The number of anilines is 2. The number of nitrogens with zero attached hydrogens (tertiary/aromatic N) is 4. The number of nitrogens with one attached hydrogen (secondary N) is 1. The van der Waals surface area contributed by atoms with Gasteiger partial charge in [-0.1, -0.05) is 48.5 Å². The van der Waals surface area contributed by atoms with Crippen molar-refractivity contribution in [2.24, 2.45) is 0 Å². The second kappa shape index (κ2) is 6.70. The first-order valence-corrected chi connectivity index (χ1v) is 8.01. The van der Waals surface area contributed by atoms with E-state index in [-0.39, 0.29) is 6.61 Å². The zero-order valence-corrected chi connectivity index (χ0v) is 13.5. The lowest BCUT2D eigenvalue weighted by atomic mass is 10.2. The maximum atomic E-state index is 9.49. The van der Waals surface area contributed by atoms with Gasteiger partial charge in [0.15, 0.2) is 5.65 Å². The minimum Gasteiger partial charge on any atom is -0.392 e. The smallest absolute Gasteiger partial charge is 0.163 e. The van der Waals surface area contributed by atoms with E-state index in [9.17, 15) is 5.11 Å². The van der Waals surface area contributed by atoms with Crippen molar-refractivity contribution in [3.05, 3.63) is 78.2 Å². The molecule has 0 fully saturated rings. The van der Waals surface area contributed by atoms with Crippen molar-refractivity contribution in [1.29, 1.82) is 0 Å². The lowest BCUT2D eigenvalue weighted by Crippen LogP contribution is -2.03. The topological polar surface area (TPSA) is 75.9 Å². The molecule has 2 N–H and O–H groups in total. The molecule has 124 valence electrons. The molecule has 6 nitrogen and oxygen atoms in total. The molecule has 6 heteroatoms. The van der Waals surface area contributed by atoms with Crippen LogP contribution in [0, 0.1) is 0 Å². The molecule has 4 rings (SSSR count). The number of hydrogen-bond acceptors (Lipinski definition) is 5. The fraction of sp³-hybridized carbons (Fsp3) is 0.105. The van der Waals surface area contributed by atoms with Gasteiger partial charge in [-0.25, -0.2) is 14.6 Å². The van der Waals surface area contributed by atoms with Crippen LogP contribution in [0.25, 0.3) is 11.0 Å². The molecule has 0 saturated heterocycles. The van der Waals surface area contributed by atoms with Gasteiger partial charge in [0.1, 0.15) is 12.1 Å². The fourth-order valence-electron chi connectivity index (χ4n) is 2.77. The largest absolute Gasteiger partial charge is 0.392 e. The first-order valence-electron chi connectivity index (χ1n) is 8.01. The maximum Gasteiger partial charge on any atom is 0.163 e. The molecule has 4 aromatic rings. The summed E-state index contributed by atoms with van der Waals surface area (Å²) in [4.78, 5) is 8.72. The van der Waals surface area contributed by atoms with Crippen LogP contribution in [0.1, 0.15) is 11.1 Å². The van der Waals surface area contributed by atoms with Crippen molar-refractivity contribution < 1.29 is 5.11 Å². The number of aliphatic hydroxyl groups excluding tert-OH is 1. The lowest BCUT2D eigenvalue weighted by molar-refractivity contribution is 0.282. The van der Waals surface area contributed by atoms with Crippen LogP contribution in [-0.4, -0.2) is 24.9 Å². The van der Waals surface area contributed by atoms with E-state index in [4.69, 9.17) is 0 Å².